The standard InChI is InChI=1S/C38H26N2/c1-23-24(27-20-21-31-26-11-3-2-10-25(26)29-15-8-16-30(27)37(29)31)14-9-19-35(23)40-36-18-7-5-12-28(36)33-22-39-34-17-6-4-13-32(34)38(33)40/h2-20,22,31H,21H2,1H3. The lowest BCUT2D eigenvalue weighted by Crippen LogP contribution is -2.08. The van der Waals surface area contributed by atoms with Gasteiger partial charge in [0.1, 0.15) is 0 Å². The van der Waals surface area contributed by atoms with Crippen LogP contribution in [0.5, 0.6) is 0 Å². The van der Waals surface area contributed by atoms with E-state index >= 15 is 0 Å². The molecule has 0 aliphatic heterocycles. The summed E-state index contributed by atoms with van der Waals surface area (Å²) in [6.45, 7) is 2.29. The molecule has 0 saturated carbocycles. The van der Waals surface area contributed by atoms with Gasteiger partial charge in [-0.15, -0.1) is 0 Å². The fourth-order valence-electron chi connectivity index (χ4n) is 7.45. The molecular weight excluding hydrogens is 484 g/mol. The molecule has 0 bridgehead atoms. The van der Waals surface area contributed by atoms with E-state index in [-0.39, 0.29) is 0 Å². The maximum Gasteiger partial charge on any atom is 0.0723 e. The summed E-state index contributed by atoms with van der Waals surface area (Å²) in [5.74, 6) is 0.450. The molecule has 0 spiro atoms. The van der Waals surface area contributed by atoms with Gasteiger partial charge < -0.3 is 4.57 Å². The Morgan fingerprint density at radius 1 is 0.650 bits per heavy atom. The average molecular weight is 511 g/mol. The van der Waals surface area contributed by atoms with Crippen molar-refractivity contribution in [2.24, 2.45) is 0 Å². The lowest BCUT2D eigenvalue weighted by atomic mass is 9.79. The van der Waals surface area contributed by atoms with Crippen LogP contribution >= 0.6 is 0 Å². The monoisotopic (exact) mass is 510 g/mol. The Morgan fingerprint density at radius 2 is 1.38 bits per heavy atom. The zero-order valence-electron chi connectivity index (χ0n) is 22.2. The van der Waals surface area contributed by atoms with Gasteiger partial charge in [0.15, 0.2) is 0 Å². The van der Waals surface area contributed by atoms with Gasteiger partial charge in [0, 0.05) is 34.0 Å². The summed E-state index contributed by atoms with van der Waals surface area (Å²) >= 11 is 0. The molecular formula is C38H26N2. The highest BCUT2D eigenvalue weighted by molar-refractivity contribution is 6.17. The third-order valence-electron chi connectivity index (χ3n) is 9.17. The zero-order chi connectivity index (χ0) is 26.4. The summed E-state index contributed by atoms with van der Waals surface area (Å²) in [7, 11) is 0. The second-order valence-corrected chi connectivity index (χ2v) is 11.1. The summed E-state index contributed by atoms with van der Waals surface area (Å²) < 4.78 is 2.46. The van der Waals surface area contributed by atoms with E-state index in [1.165, 1.54) is 77.4 Å². The normalized spacial score (nSPS) is 15.4. The Balaban J connectivity index is 1.31. The number of rotatable bonds is 2. The van der Waals surface area contributed by atoms with Crippen LogP contribution in [0.4, 0.5) is 0 Å². The molecule has 188 valence electrons. The largest absolute Gasteiger partial charge is 0.308 e. The first-order chi connectivity index (χ1) is 19.8. The molecule has 2 nitrogen and oxygen atoms in total. The first kappa shape index (κ1) is 21.9. The molecule has 2 heterocycles. The Hall–Kier alpha value is -4.95. The average Bonchev–Trinajstić information content (AvgIpc) is 3.52. The van der Waals surface area contributed by atoms with Crippen molar-refractivity contribution >= 4 is 38.3 Å². The van der Waals surface area contributed by atoms with Crippen molar-refractivity contribution in [1.82, 2.24) is 9.55 Å². The first-order valence-electron chi connectivity index (χ1n) is 14.1. The van der Waals surface area contributed by atoms with Crippen LogP contribution in [-0.4, -0.2) is 9.55 Å². The second-order valence-electron chi connectivity index (χ2n) is 11.1. The first-order valence-corrected chi connectivity index (χ1v) is 14.1. The van der Waals surface area contributed by atoms with Crippen molar-refractivity contribution in [2.45, 2.75) is 19.3 Å². The number of aromatic nitrogens is 2. The summed E-state index contributed by atoms with van der Waals surface area (Å²) in [6, 6.07) is 39.9. The third-order valence-corrected chi connectivity index (χ3v) is 9.17. The van der Waals surface area contributed by atoms with E-state index in [4.69, 9.17) is 4.98 Å². The molecule has 0 fully saturated rings. The molecule has 2 aromatic heterocycles. The number of hydrogen-bond donors (Lipinski definition) is 0. The smallest absolute Gasteiger partial charge is 0.0723 e. The van der Waals surface area contributed by atoms with Gasteiger partial charge in [0.05, 0.1) is 16.6 Å². The van der Waals surface area contributed by atoms with Crippen LogP contribution in [0.15, 0.2) is 121 Å². The van der Waals surface area contributed by atoms with E-state index in [2.05, 4.69) is 127 Å². The SMILES string of the molecule is Cc1c(C2=CCC3c4ccccc4-c4cccc2c43)cccc1-n1c2ccccc2c2cnc3ccccc3c21. The van der Waals surface area contributed by atoms with E-state index in [1.54, 1.807) is 0 Å². The van der Waals surface area contributed by atoms with Crippen LogP contribution in [-0.2, 0) is 0 Å². The molecule has 0 amide bonds. The van der Waals surface area contributed by atoms with Gasteiger partial charge in [-0.2, -0.15) is 0 Å². The molecule has 1 atom stereocenters. The quantitative estimate of drug-likeness (QED) is 0.226. The van der Waals surface area contributed by atoms with Crippen molar-refractivity contribution in [3.05, 3.63) is 149 Å². The number of pyridine rings is 1. The molecule has 0 saturated heterocycles. The van der Waals surface area contributed by atoms with Crippen LogP contribution in [0.25, 0.3) is 55.1 Å². The molecule has 40 heavy (non-hydrogen) atoms. The van der Waals surface area contributed by atoms with Crippen molar-refractivity contribution in [3.63, 3.8) is 0 Å². The minimum absolute atomic E-state index is 0.450. The Morgan fingerprint density at radius 3 is 2.33 bits per heavy atom. The van der Waals surface area contributed by atoms with Gasteiger partial charge in [-0.25, -0.2) is 0 Å². The predicted molar refractivity (Wildman–Crippen MR) is 166 cm³/mol. The highest BCUT2D eigenvalue weighted by Gasteiger charge is 2.33. The number of para-hydroxylation sites is 2. The van der Waals surface area contributed by atoms with Crippen LogP contribution in [0.3, 0.4) is 0 Å². The zero-order valence-corrected chi connectivity index (χ0v) is 22.2. The summed E-state index contributed by atoms with van der Waals surface area (Å²) in [5.41, 5.74) is 15.8. The number of benzene rings is 5. The molecule has 2 aliphatic rings. The van der Waals surface area contributed by atoms with Gasteiger partial charge in [0.2, 0.25) is 0 Å². The Labute approximate surface area is 232 Å². The summed E-state index contributed by atoms with van der Waals surface area (Å²) in [4.78, 5) is 4.82. The predicted octanol–water partition coefficient (Wildman–Crippen LogP) is 9.59. The van der Waals surface area contributed by atoms with Crippen molar-refractivity contribution in [1.29, 1.82) is 0 Å². The number of hydrogen-bond acceptors (Lipinski definition) is 1. The van der Waals surface area contributed by atoms with Gasteiger partial charge in [-0.3, -0.25) is 4.98 Å². The van der Waals surface area contributed by atoms with Crippen molar-refractivity contribution < 1.29 is 0 Å². The molecule has 2 heteroatoms. The minimum Gasteiger partial charge on any atom is -0.308 e. The fourth-order valence-corrected chi connectivity index (χ4v) is 7.45. The molecule has 5 aromatic carbocycles. The van der Waals surface area contributed by atoms with Crippen LogP contribution in [0, 0.1) is 6.92 Å². The second kappa shape index (κ2) is 8.03. The van der Waals surface area contributed by atoms with Crippen LogP contribution in [0.2, 0.25) is 0 Å². The van der Waals surface area contributed by atoms with E-state index in [9.17, 15) is 0 Å². The van der Waals surface area contributed by atoms with Gasteiger partial charge in [-0.05, 0) is 76.1 Å². The molecule has 0 N–H and O–H groups in total. The highest BCUT2D eigenvalue weighted by Crippen LogP contribution is 2.53. The van der Waals surface area contributed by atoms with E-state index in [1.807, 2.05) is 6.20 Å². The van der Waals surface area contributed by atoms with E-state index in [0.717, 1.165) is 11.9 Å². The Kier molecular flexibility index (Phi) is 4.40. The maximum absolute atomic E-state index is 4.82. The third kappa shape index (κ3) is 2.80. The summed E-state index contributed by atoms with van der Waals surface area (Å²) in [6.07, 6.45) is 5.56. The van der Waals surface area contributed by atoms with Gasteiger partial charge in [0.25, 0.3) is 0 Å². The van der Waals surface area contributed by atoms with Crippen molar-refractivity contribution in [3.8, 4) is 16.8 Å². The molecule has 1 unspecified atom stereocenters. The van der Waals surface area contributed by atoms with E-state index in [0.29, 0.717) is 5.92 Å². The van der Waals surface area contributed by atoms with Crippen LogP contribution in [0.1, 0.15) is 40.2 Å². The van der Waals surface area contributed by atoms with Gasteiger partial charge in [-0.1, -0.05) is 97.1 Å². The molecule has 7 aromatic rings. The molecule has 0 radical (unpaired) electrons. The highest BCUT2D eigenvalue weighted by atomic mass is 15.0. The number of nitrogens with zero attached hydrogens (tertiary/aromatic N) is 2. The number of fused-ring (bicyclic) bond motifs is 8. The van der Waals surface area contributed by atoms with Crippen LogP contribution < -0.4 is 0 Å². The van der Waals surface area contributed by atoms with Crippen molar-refractivity contribution in [2.75, 3.05) is 0 Å². The molecule has 2 aliphatic carbocycles. The topological polar surface area (TPSA) is 17.8 Å². The lowest BCUT2D eigenvalue weighted by Gasteiger charge is -2.25. The summed E-state index contributed by atoms with van der Waals surface area (Å²) in [5, 5.41) is 3.61. The maximum atomic E-state index is 4.82. The fraction of sp³-hybridized carbons (Fsp3) is 0.0789. The van der Waals surface area contributed by atoms with Gasteiger partial charge >= 0.3 is 0 Å². The number of allylic oxidation sites excluding steroid dienone is 1. The lowest BCUT2D eigenvalue weighted by molar-refractivity contribution is 0.839. The Bertz CT molecular complexity index is 2210. The van der Waals surface area contributed by atoms with E-state index < -0.39 is 0 Å². The minimum atomic E-state index is 0.450. The molecule has 9 rings (SSSR count).